The third-order valence-corrected chi connectivity index (χ3v) is 6.60. The molecule has 1 aliphatic heterocycles. The van der Waals surface area contributed by atoms with Crippen LogP contribution in [0.5, 0.6) is 0 Å². The second-order valence-electron chi connectivity index (χ2n) is 8.83. The first-order chi connectivity index (χ1) is 15.8. The van der Waals surface area contributed by atoms with Gasteiger partial charge in [0.25, 0.3) is 0 Å². The molecule has 0 bridgehead atoms. The lowest BCUT2D eigenvalue weighted by Crippen LogP contribution is -2.43. The SMILES string of the molecule is C[C@@H](Cc1ccc2c(-c3ccc(F)cc3Cl)ccnc2c1)C(=O)N1CCC[C@H](CC(=O)O)C1. The van der Waals surface area contributed by atoms with E-state index in [0.29, 0.717) is 24.5 Å². The Bertz CT molecular complexity index is 1200. The van der Waals surface area contributed by atoms with Crippen LogP contribution >= 0.6 is 11.6 Å². The molecule has 0 saturated carbocycles. The van der Waals surface area contributed by atoms with Gasteiger partial charge in [-0.25, -0.2) is 4.39 Å². The van der Waals surface area contributed by atoms with Gasteiger partial charge in [0.15, 0.2) is 0 Å². The van der Waals surface area contributed by atoms with Crippen molar-refractivity contribution < 1.29 is 19.1 Å². The van der Waals surface area contributed by atoms with Crippen LogP contribution in [0, 0.1) is 17.7 Å². The van der Waals surface area contributed by atoms with Crippen molar-refractivity contribution in [3.05, 3.63) is 65.1 Å². The molecule has 4 rings (SSSR count). The lowest BCUT2D eigenvalue weighted by Gasteiger charge is -2.34. The van der Waals surface area contributed by atoms with Crippen LogP contribution in [0.15, 0.2) is 48.7 Å². The van der Waals surface area contributed by atoms with Gasteiger partial charge in [-0.15, -0.1) is 0 Å². The van der Waals surface area contributed by atoms with E-state index in [9.17, 15) is 14.0 Å². The second kappa shape index (κ2) is 9.87. The number of carboxylic acids is 1. The van der Waals surface area contributed by atoms with Crippen LogP contribution in [0.4, 0.5) is 4.39 Å². The molecule has 0 radical (unpaired) electrons. The van der Waals surface area contributed by atoms with Crippen LogP contribution < -0.4 is 0 Å². The fourth-order valence-corrected chi connectivity index (χ4v) is 4.96. The Kier molecular flexibility index (Phi) is 6.94. The zero-order valence-electron chi connectivity index (χ0n) is 18.4. The maximum Gasteiger partial charge on any atom is 0.303 e. The average Bonchev–Trinajstić information content (AvgIpc) is 2.78. The molecule has 5 nitrogen and oxygen atoms in total. The molecule has 33 heavy (non-hydrogen) atoms. The van der Waals surface area contributed by atoms with Crippen LogP contribution in [0.25, 0.3) is 22.0 Å². The van der Waals surface area contributed by atoms with Gasteiger partial charge in [0.2, 0.25) is 5.91 Å². The maximum atomic E-state index is 13.5. The van der Waals surface area contributed by atoms with Gasteiger partial charge < -0.3 is 10.0 Å². The van der Waals surface area contributed by atoms with E-state index in [1.807, 2.05) is 36.1 Å². The minimum Gasteiger partial charge on any atom is -0.481 e. The van der Waals surface area contributed by atoms with Crippen molar-refractivity contribution >= 4 is 34.4 Å². The number of piperidine rings is 1. The predicted octanol–water partition coefficient (Wildman–Crippen LogP) is 5.59. The van der Waals surface area contributed by atoms with Crippen LogP contribution in [-0.2, 0) is 16.0 Å². The first-order valence-corrected chi connectivity index (χ1v) is 11.5. The number of halogens is 2. The Morgan fingerprint density at radius 2 is 2.03 bits per heavy atom. The minimum atomic E-state index is -0.813. The standard InChI is InChI=1S/C26H26ClFN2O3/c1-16(26(33)30-10-2-3-18(15-30)13-25(31)32)11-17-4-6-22-20(8-9-29-24(22)12-17)21-7-5-19(28)14-23(21)27/h4-9,12,14,16,18H,2-3,10-11,13,15H2,1H3,(H,31,32)/t16-,18+/m0/s1. The Balaban J connectivity index is 1.51. The first-order valence-electron chi connectivity index (χ1n) is 11.2. The third kappa shape index (κ3) is 5.33. The number of benzene rings is 2. The normalized spacial score (nSPS) is 17.2. The van der Waals surface area contributed by atoms with Crippen molar-refractivity contribution in [1.82, 2.24) is 9.88 Å². The summed E-state index contributed by atoms with van der Waals surface area (Å²) in [5.74, 6) is -1.34. The molecule has 1 aliphatic rings. The van der Waals surface area contributed by atoms with Crippen LogP contribution in [0.3, 0.4) is 0 Å². The van der Waals surface area contributed by atoms with Gasteiger partial charge in [0, 0.05) is 42.6 Å². The summed E-state index contributed by atoms with van der Waals surface area (Å²) in [6.07, 6.45) is 4.06. The van der Waals surface area contributed by atoms with Crippen LogP contribution in [0.2, 0.25) is 5.02 Å². The molecular formula is C26H26ClFN2O3. The predicted molar refractivity (Wildman–Crippen MR) is 127 cm³/mol. The van der Waals surface area contributed by atoms with E-state index in [1.165, 1.54) is 12.1 Å². The topological polar surface area (TPSA) is 70.5 Å². The monoisotopic (exact) mass is 468 g/mol. The number of carbonyl (C=O) groups is 2. The summed E-state index contributed by atoms with van der Waals surface area (Å²) in [4.78, 5) is 30.4. The average molecular weight is 469 g/mol. The third-order valence-electron chi connectivity index (χ3n) is 6.29. The lowest BCUT2D eigenvalue weighted by molar-refractivity contribution is -0.142. The van der Waals surface area contributed by atoms with Gasteiger partial charge in [0.1, 0.15) is 5.82 Å². The maximum absolute atomic E-state index is 13.5. The highest BCUT2D eigenvalue weighted by atomic mass is 35.5. The Morgan fingerprint density at radius 3 is 2.79 bits per heavy atom. The van der Waals surface area contributed by atoms with Crippen LogP contribution in [0.1, 0.15) is 31.7 Å². The van der Waals surface area contributed by atoms with E-state index in [1.54, 1.807) is 12.3 Å². The summed E-state index contributed by atoms with van der Waals surface area (Å²) in [7, 11) is 0. The van der Waals surface area contributed by atoms with Crippen molar-refractivity contribution in [2.75, 3.05) is 13.1 Å². The van der Waals surface area contributed by atoms with Crippen molar-refractivity contribution in [3.63, 3.8) is 0 Å². The fourth-order valence-electron chi connectivity index (χ4n) is 4.69. The van der Waals surface area contributed by atoms with Crippen molar-refractivity contribution in [2.24, 2.45) is 11.8 Å². The van der Waals surface area contributed by atoms with E-state index < -0.39 is 5.97 Å². The van der Waals surface area contributed by atoms with Crippen molar-refractivity contribution in [1.29, 1.82) is 0 Å². The number of aromatic nitrogens is 1. The number of hydrogen-bond donors (Lipinski definition) is 1. The van der Waals surface area contributed by atoms with Crippen molar-refractivity contribution in [2.45, 2.75) is 32.6 Å². The van der Waals surface area contributed by atoms with Crippen molar-refractivity contribution in [3.8, 4) is 11.1 Å². The number of carbonyl (C=O) groups excluding carboxylic acids is 1. The van der Waals surface area contributed by atoms with Gasteiger partial charge >= 0.3 is 5.97 Å². The number of aliphatic carboxylic acids is 1. The number of amides is 1. The molecule has 2 aromatic carbocycles. The Hall–Kier alpha value is -2.99. The van der Waals surface area contributed by atoms with Gasteiger partial charge in [-0.1, -0.05) is 30.7 Å². The highest BCUT2D eigenvalue weighted by molar-refractivity contribution is 6.33. The van der Waals surface area contributed by atoms with E-state index in [-0.39, 0.29) is 30.0 Å². The zero-order chi connectivity index (χ0) is 23.5. The zero-order valence-corrected chi connectivity index (χ0v) is 19.2. The summed E-state index contributed by atoms with van der Waals surface area (Å²) < 4.78 is 13.5. The number of fused-ring (bicyclic) bond motifs is 1. The van der Waals surface area contributed by atoms with E-state index in [0.717, 1.165) is 40.4 Å². The number of rotatable bonds is 6. The second-order valence-corrected chi connectivity index (χ2v) is 9.24. The number of hydrogen-bond acceptors (Lipinski definition) is 3. The molecule has 2 atom stereocenters. The van der Waals surface area contributed by atoms with Gasteiger partial charge in [0.05, 0.1) is 10.5 Å². The lowest BCUT2D eigenvalue weighted by atomic mass is 9.92. The summed E-state index contributed by atoms with van der Waals surface area (Å²) in [6, 6.07) is 12.1. The summed E-state index contributed by atoms with van der Waals surface area (Å²) >= 11 is 6.28. The highest BCUT2D eigenvalue weighted by Gasteiger charge is 2.28. The molecule has 0 unspecified atom stereocenters. The smallest absolute Gasteiger partial charge is 0.303 e. The molecule has 1 saturated heterocycles. The molecule has 1 amide bonds. The molecule has 1 N–H and O–H groups in total. The van der Waals surface area contributed by atoms with Gasteiger partial charge in [-0.3, -0.25) is 14.6 Å². The number of likely N-dealkylation sites (tertiary alicyclic amines) is 1. The molecular weight excluding hydrogens is 443 g/mol. The summed E-state index contributed by atoms with van der Waals surface area (Å²) in [5.41, 5.74) is 3.39. The summed E-state index contributed by atoms with van der Waals surface area (Å²) in [5, 5.41) is 10.3. The number of carboxylic acid groups (broad SMARTS) is 1. The molecule has 172 valence electrons. The molecule has 3 aromatic rings. The molecule has 1 fully saturated rings. The van der Waals surface area contributed by atoms with Gasteiger partial charge in [-0.05, 0) is 66.6 Å². The number of nitrogens with zero attached hydrogens (tertiary/aromatic N) is 2. The largest absolute Gasteiger partial charge is 0.481 e. The molecule has 2 heterocycles. The Morgan fingerprint density at radius 1 is 1.21 bits per heavy atom. The molecule has 0 spiro atoms. The highest BCUT2D eigenvalue weighted by Crippen LogP contribution is 2.34. The fraction of sp³-hybridized carbons (Fsp3) is 0.346. The van der Waals surface area contributed by atoms with Crippen LogP contribution in [-0.4, -0.2) is 40.0 Å². The Labute approximate surface area is 197 Å². The quantitative estimate of drug-likeness (QED) is 0.512. The first kappa shape index (κ1) is 23.2. The van der Waals surface area contributed by atoms with E-state index >= 15 is 0 Å². The van der Waals surface area contributed by atoms with E-state index in [2.05, 4.69) is 4.98 Å². The number of pyridine rings is 1. The molecule has 0 aliphatic carbocycles. The molecule has 1 aromatic heterocycles. The minimum absolute atomic E-state index is 0.0222. The van der Waals surface area contributed by atoms with Gasteiger partial charge in [-0.2, -0.15) is 0 Å². The van der Waals surface area contributed by atoms with E-state index in [4.69, 9.17) is 16.7 Å². The molecule has 7 heteroatoms. The summed E-state index contributed by atoms with van der Waals surface area (Å²) in [6.45, 7) is 3.10.